The molecule has 1 atom stereocenters. The van der Waals surface area contributed by atoms with Crippen LogP contribution in [0, 0.1) is 5.82 Å². The van der Waals surface area contributed by atoms with Crippen LogP contribution < -0.4 is 9.21 Å². The van der Waals surface area contributed by atoms with E-state index in [0.717, 1.165) is 16.2 Å². The predicted octanol–water partition coefficient (Wildman–Crippen LogP) is 2.33. The molecule has 0 N–H and O–H groups in total. The van der Waals surface area contributed by atoms with E-state index < -0.39 is 21.9 Å². The van der Waals surface area contributed by atoms with Crippen molar-refractivity contribution in [2.24, 2.45) is 0 Å². The number of carbonyl (C=O) groups is 1. The first-order valence-electron chi connectivity index (χ1n) is 9.12. The van der Waals surface area contributed by atoms with Crippen molar-refractivity contribution in [1.82, 2.24) is 4.90 Å². The van der Waals surface area contributed by atoms with Crippen molar-refractivity contribution in [3.05, 3.63) is 60.4 Å². The standard InChI is InChI=1S/C20H24FN3O3S/c1-16(24(28(2,26)27)19-11-7-6-10-18(19)21)20(25)23-14-12-22(13-15-23)17-8-4-3-5-9-17/h3-11,16H,12-15H2,1-2H3/t16-/m0/s1. The first-order valence-corrected chi connectivity index (χ1v) is 11.0. The van der Waals surface area contributed by atoms with Crippen LogP contribution in [0.4, 0.5) is 15.8 Å². The molecule has 1 aliphatic heterocycles. The Kier molecular flexibility index (Phi) is 5.88. The molecule has 0 aromatic heterocycles. The van der Waals surface area contributed by atoms with Crippen LogP contribution in [0.2, 0.25) is 0 Å². The van der Waals surface area contributed by atoms with Crippen molar-refractivity contribution < 1.29 is 17.6 Å². The number of benzene rings is 2. The summed E-state index contributed by atoms with van der Waals surface area (Å²) in [5, 5.41) is 0. The Labute approximate surface area is 165 Å². The monoisotopic (exact) mass is 405 g/mol. The second-order valence-corrected chi connectivity index (χ2v) is 8.69. The van der Waals surface area contributed by atoms with Crippen LogP contribution in [0.3, 0.4) is 0 Å². The summed E-state index contributed by atoms with van der Waals surface area (Å²) >= 11 is 0. The molecule has 2 aromatic rings. The first-order chi connectivity index (χ1) is 13.3. The van der Waals surface area contributed by atoms with Crippen molar-refractivity contribution in [2.75, 3.05) is 41.6 Å². The molecular formula is C20H24FN3O3S. The van der Waals surface area contributed by atoms with Crippen LogP contribution in [0.15, 0.2) is 54.6 Å². The van der Waals surface area contributed by atoms with Crippen LogP contribution in [0.1, 0.15) is 6.92 Å². The van der Waals surface area contributed by atoms with Crippen LogP contribution in [0.25, 0.3) is 0 Å². The lowest BCUT2D eigenvalue weighted by Gasteiger charge is -2.39. The maximum atomic E-state index is 14.2. The highest BCUT2D eigenvalue weighted by Crippen LogP contribution is 2.25. The number of piperazine rings is 1. The molecule has 1 saturated heterocycles. The molecule has 0 bridgehead atoms. The molecule has 1 fully saturated rings. The fraction of sp³-hybridized carbons (Fsp3) is 0.350. The average Bonchev–Trinajstić information content (AvgIpc) is 2.69. The molecule has 1 amide bonds. The van der Waals surface area contributed by atoms with E-state index in [2.05, 4.69) is 4.90 Å². The molecule has 0 aliphatic carbocycles. The van der Waals surface area contributed by atoms with E-state index in [-0.39, 0.29) is 11.6 Å². The maximum absolute atomic E-state index is 14.2. The fourth-order valence-corrected chi connectivity index (χ4v) is 4.66. The third-order valence-corrected chi connectivity index (χ3v) is 6.10. The molecule has 0 saturated carbocycles. The van der Waals surface area contributed by atoms with Gasteiger partial charge in [0.05, 0.1) is 11.9 Å². The van der Waals surface area contributed by atoms with Crippen LogP contribution in [0.5, 0.6) is 0 Å². The number of halogens is 1. The second-order valence-electron chi connectivity index (χ2n) is 6.83. The number of sulfonamides is 1. The quantitative estimate of drug-likeness (QED) is 0.766. The summed E-state index contributed by atoms with van der Waals surface area (Å²) in [6, 6.07) is 14.5. The van der Waals surface area contributed by atoms with Crippen molar-refractivity contribution in [3.63, 3.8) is 0 Å². The summed E-state index contributed by atoms with van der Waals surface area (Å²) in [5.74, 6) is -1.01. The van der Waals surface area contributed by atoms with E-state index in [1.54, 1.807) is 11.0 Å². The molecule has 0 spiro atoms. The summed E-state index contributed by atoms with van der Waals surface area (Å²) in [6.45, 7) is 3.77. The molecule has 28 heavy (non-hydrogen) atoms. The molecule has 1 aliphatic rings. The zero-order valence-electron chi connectivity index (χ0n) is 16.0. The third kappa shape index (κ3) is 4.27. The maximum Gasteiger partial charge on any atom is 0.246 e. The Hall–Kier alpha value is -2.61. The van der Waals surface area contributed by atoms with Gasteiger partial charge in [-0.1, -0.05) is 30.3 Å². The minimum Gasteiger partial charge on any atom is -0.368 e. The number of para-hydroxylation sites is 2. The Morgan fingerprint density at radius 1 is 1.00 bits per heavy atom. The molecule has 8 heteroatoms. The Bertz CT molecular complexity index is 929. The lowest BCUT2D eigenvalue weighted by molar-refractivity contribution is -0.132. The van der Waals surface area contributed by atoms with Gasteiger partial charge in [-0.25, -0.2) is 12.8 Å². The van der Waals surface area contributed by atoms with Gasteiger partial charge in [-0.15, -0.1) is 0 Å². The van der Waals surface area contributed by atoms with Crippen molar-refractivity contribution in [2.45, 2.75) is 13.0 Å². The van der Waals surface area contributed by atoms with E-state index in [9.17, 15) is 17.6 Å². The number of carbonyl (C=O) groups excluding carboxylic acids is 1. The SMILES string of the molecule is C[C@@H](C(=O)N1CCN(c2ccccc2)CC1)N(c1ccccc1F)S(C)(=O)=O. The molecular weight excluding hydrogens is 381 g/mol. The lowest BCUT2D eigenvalue weighted by Crippen LogP contribution is -2.55. The second kappa shape index (κ2) is 8.18. The van der Waals surface area contributed by atoms with Crippen LogP contribution in [-0.2, 0) is 14.8 Å². The van der Waals surface area contributed by atoms with E-state index >= 15 is 0 Å². The number of hydrogen-bond donors (Lipinski definition) is 0. The highest BCUT2D eigenvalue weighted by atomic mass is 32.2. The summed E-state index contributed by atoms with van der Waals surface area (Å²) in [7, 11) is -3.84. The molecule has 150 valence electrons. The number of rotatable bonds is 5. The van der Waals surface area contributed by atoms with Crippen molar-refractivity contribution in [1.29, 1.82) is 0 Å². The Morgan fingerprint density at radius 2 is 1.57 bits per heavy atom. The predicted molar refractivity (Wildman–Crippen MR) is 108 cm³/mol. The normalized spacial score (nSPS) is 16.0. The molecule has 6 nitrogen and oxygen atoms in total. The van der Waals surface area contributed by atoms with E-state index in [4.69, 9.17) is 0 Å². The van der Waals surface area contributed by atoms with Gasteiger partial charge >= 0.3 is 0 Å². The first kappa shape index (κ1) is 20.1. The molecule has 0 radical (unpaired) electrons. The summed E-state index contributed by atoms with van der Waals surface area (Å²) in [4.78, 5) is 16.8. The van der Waals surface area contributed by atoms with Crippen LogP contribution >= 0.6 is 0 Å². The van der Waals surface area contributed by atoms with Gasteiger partial charge in [0.25, 0.3) is 0 Å². The average molecular weight is 405 g/mol. The van der Waals surface area contributed by atoms with Gasteiger partial charge in [0.15, 0.2) is 0 Å². The van der Waals surface area contributed by atoms with Gasteiger partial charge < -0.3 is 9.80 Å². The fourth-order valence-electron chi connectivity index (χ4n) is 3.49. The Balaban J connectivity index is 1.75. The minimum atomic E-state index is -3.84. The van der Waals surface area contributed by atoms with E-state index in [1.807, 2.05) is 30.3 Å². The van der Waals surface area contributed by atoms with Gasteiger partial charge in [0, 0.05) is 31.9 Å². The lowest BCUT2D eigenvalue weighted by atomic mass is 10.2. The van der Waals surface area contributed by atoms with Crippen molar-refractivity contribution >= 4 is 27.3 Å². The zero-order valence-corrected chi connectivity index (χ0v) is 16.8. The number of anilines is 2. The van der Waals surface area contributed by atoms with E-state index in [1.165, 1.54) is 25.1 Å². The highest BCUT2D eigenvalue weighted by molar-refractivity contribution is 7.92. The topological polar surface area (TPSA) is 60.9 Å². The third-order valence-electron chi connectivity index (χ3n) is 4.87. The Morgan fingerprint density at radius 3 is 2.14 bits per heavy atom. The molecule has 1 heterocycles. The largest absolute Gasteiger partial charge is 0.368 e. The van der Waals surface area contributed by atoms with E-state index in [0.29, 0.717) is 26.2 Å². The van der Waals surface area contributed by atoms with Crippen LogP contribution in [-0.4, -0.2) is 57.7 Å². The van der Waals surface area contributed by atoms with Gasteiger partial charge in [0.1, 0.15) is 11.9 Å². The van der Waals surface area contributed by atoms with Gasteiger partial charge in [-0.05, 0) is 31.2 Å². The zero-order chi connectivity index (χ0) is 20.3. The smallest absolute Gasteiger partial charge is 0.246 e. The van der Waals surface area contributed by atoms with Gasteiger partial charge in [-0.3, -0.25) is 9.10 Å². The molecule has 3 rings (SSSR count). The van der Waals surface area contributed by atoms with Gasteiger partial charge in [0.2, 0.25) is 15.9 Å². The summed E-state index contributed by atoms with van der Waals surface area (Å²) in [5.41, 5.74) is 0.973. The number of amides is 1. The molecule has 0 unspecified atom stereocenters. The summed E-state index contributed by atoms with van der Waals surface area (Å²) in [6.07, 6.45) is 0.983. The number of hydrogen-bond acceptors (Lipinski definition) is 4. The highest BCUT2D eigenvalue weighted by Gasteiger charge is 2.34. The minimum absolute atomic E-state index is 0.117. The van der Waals surface area contributed by atoms with Gasteiger partial charge in [-0.2, -0.15) is 0 Å². The molecule has 2 aromatic carbocycles. The number of nitrogens with zero attached hydrogens (tertiary/aromatic N) is 3. The van der Waals surface area contributed by atoms with Crippen molar-refractivity contribution in [3.8, 4) is 0 Å². The summed E-state index contributed by atoms with van der Waals surface area (Å²) < 4.78 is 39.8.